The number of fused-ring (bicyclic) bond motifs is 2. The second-order valence-electron chi connectivity index (χ2n) is 9.90. The van der Waals surface area contributed by atoms with Crippen molar-refractivity contribution in [2.45, 2.75) is 37.9 Å². The maximum absolute atomic E-state index is 13.2. The highest BCUT2D eigenvalue weighted by molar-refractivity contribution is 5.95. The van der Waals surface area contributed by atoms with Crippen LogP contribution in [0.2, 0.25) is 0 Å². The van der Waals surface area contributed by atoms with Gasteiger partial charge in [0.1, 0.15) is 30.3 Å². The van der Waals surface area contributed by atoms with Gasteiger partial charge in [0.25, 0.3) is 5.91 Å². The van der Waals surface area contributed by atoms with Crippen LogP contribution in [0.1, 0.15) is 29.1 Å². The van der Waals surface area contributed by atoms with Crippen LogP contribution in [0.15, 0.2) is 79.4 Å². The predicted octanol–water partition coefficient (Wildman–Crippen LogP) is 2.57. The monoisotopic (exact) mass is 568 g/mol. The second-order valence-corrected chi connectivity index (χ2v) is 9.90. The number of hydrogen-bond donors (Lipinski definition) is 4. The van der Waals surface area contributed by atoms with E-state index in [9.17, 15) is 19.8 Å². The van der Waals surface area contributed by atoms with Crippen LogP contribution >= 0.6 is 0 Å². The number of rotatable bonds is 8. The SMILES string of the molecule is CC(=O)Oc1cccc(C(=O)N[C@@H]2[C@H](O)[C@@H](CO)O[C@H]2n2cnc3c(NCc4cccc5ccccc45)ncnc32)c1. The number of nitrogens with one attached hydrogen (secondary N) is 2. The van der Waals surface area contributed by atoms with Crippen LogP contribution in [0.5, 0.6) is 5.75 Å². The van der Waals surface area contributed by atoms with Gasteiger partial charge in [-0.2, -0.15) is 0 Å². The zero-order valence-corrected chi connectivity index (χ0v) is 22.5. The van der Waals surface area contributed by atoms with Crippen molar-refractivity contribution in [1.29, 1.82) is 0 Å². The van der Waals surface area contributed by atoms with Crippen molar-refractivity contribution in [3.8, 4) is 5.75 Å². The van der Waals surface area contributed by atoms with E-state index in [1.807, 2.05) is 24.3 Å². The molecule has 1 aliphatic rings. The van der Waals surface area contributed by atoms with Crippen LogP contribution in [0.25, 0.3) is 21.9 Å². The van der Waals surface area contributed by atoms with Gasteiger partial charge in [-0.1, -0.05) is 48.5 Å². The number of aliphatic hydroxyl groups is 2. The molecule has 214 valence electrons. The average molecular weight is 569 g/mol. The Hall–Kier alpha value is -4.91. The van der Waals surface area contributed by atoms with Gasteiger partial charge in [-0.15, -0.1) is 0 Å². The molecule has 3 aromatic carbocycles. The van der Waals surface area contributed by atoms with Gasteiger partial charge in [0.15, 0.2) is 23.2 Å². The Bertz CT molecular complexity index is 1770. The molecule has 0 unspecified atom stereocenters. The molecule has 6 rings (SSSR count). The molecular formula is C30H28N6O6. The molecule has 4 atom stereocenters. The number of hydrogen-bond acceptors (Lipinski definition) is 10. The zero-order valence-electron chi connectivity index (χ0n) is 22.5. The van der Waals surface area contributed by atoms with Gasteiger partial charge in [-0.3, -0.25) is 14.2 Å². The first kappa shape index (κ1) is 27.3. The molecule has 0 spiro atoms. The molecule has 12 nitrogen and oxygen atoms in total. The summed E-state index contributed by atoms with van der Waals surface area (Å²) in [6.07, 6.45) is -0.238. The molecule has 2 aromatic heterocycles. The van der Waals surface area contributed by atoms with Crippen LogP contribution in [0.3, 0.4) is 0 Å². The summed E-state index contributed by atoms with van der Waals surface area (Å²) >= 11 is 0. The molecule has 1 saturated heterocycles. The molecule has 1 amide bonds. The van der Waals surface area contributed by atoms with E-state index in [1.54, 1.807) is 22.8 Å². The third-order valence-corrected chi connectivity index (χ3v) is 7.16. The van der Waals surface area contributed by atoms with E-state index in [-0.39, 0.29) is 11.3 Å². The summed E-state index contributed by atoms with van der Waals surface area (Å²) in [6, 6.07) is 19.4. The fourth-order valence-corrected chi connectivity index (χ4v) is 5.19. The lowest BCUT2D eigenvalue weighted by Gasteiger charge is -2.23. The molecule has 12 heteroatoms. The first-order chi connectivity index (χ1) is 20.4. The van der Waals surface area contributed by atoms with E-state index >= 15 is 0 Å². The molecule has 5 aromatic rings. The summed E-state index contributed by atoms with van der Waals surface area (Å²) < 4.78 is 12.7. The Labute approximate surface area is 240 Å². The molecule has 0 aliphatic carbocycles. The Morgan fingerprint density at radius 3 is 2.69 bits per heavy atom. The molecule has 0 bridgehead atoms. The van der Waals surface area contributed by atoms with E-state index in [1.165, 1.54) is 25.6 Å². The maximum Gasteiger partial charge on any atom is 0.308 e. The minimum absolute atomic E-state index is 0.212. The number of esters is 1. The fraction of sp³-hybridized carbons (Fsp3) is 0.233. The lowest BCUT2D eigenvalue weighted by Crippen LogP contribution is -2.46. The minimum Gasteiger partial charge on any atom is -0.427 e. The van der Waals surface area contributed by atoms with Crippen molar-refractivity contribution in [1.82, 2.24) is 24.8 Å². The third-order valence-electron chi connectivity index (χ3n) is 7.16. The van der Waals surface area contributed by atoms with Gasteiger partial charge in [0, 0.05) is 19.0 Å². The number of nitrogens with zero attached hydrogens (tertiary/aromatic N) is 4. The van der Waals surface area contributed by atoms with Gasteiger partial charge in [0.05, 0.1) is 12.9 Å². The van der Waals surface area contributed by atoms with E-state index < -0.39 is 43.0 Å². The van der Waals surface area contributed by atoms with E-state index in [0.29, 0.717) is 23.5 Å². The maximum atomic E-state index is 13.2. The number of aromatic nitrogens is 4. The smallest absolute Gasteiger partial charge is 0.308 e. The molecule has 4 N–H and O–H groups in total. The Kier molecular flexibility index (Phi) is 7.48. The fourth-order valence-electron chi connectivity index (χ4n) is 5.19. The molecule has 3 heterocycles. The molecule has 0 radical (unpaired) electrons. The molecular weight excluding hydrogens is 540 g/mol. The van der Waals surface area contributed by atoms with E-state index in [4.69, 9.17) is 9.47 Å². The van der Waals surface area contributed by atoms with Crippen molar-refractivity contribution in [3.63, 3.8) is 0 Å². The lowest BCUT2D eigenvalue weighted by molar-refractivity contribution is -0.131. The van der Waals surface area contributed by atoms with Gasteiger partial charge in [-0.05, 0) is 34.5 Å². The summed E-state index contributed by atoms with van der Waals surface area (Å²) in [5, 5.41) is 29.2. The average Bonchev–Trinajstić information content (AvgIpc) is 3.56. The van der Waals surface area contributed by atoms with Crippen LogP contribution in [-0.4, -0.2) is 66.5 Å². The molecule has 1 aliphatic heterocycles. The molecule has 0 saturated carbocycles. The number of amides is 1. The highest BCUT2D eigenvalue weighted by atomic mass is 16.5. The lowest BCUT2D eigenvalue weighted by atomic mass is 10.0. The number of imidazole rings is 1. The van der Waals surface area contributed by atoms with Crippen LogP contribution < -0.4 is 15.4 Å². The first-order valence-corrected chi connectivity index (χ1v) is 13.3. The van der Waals surface area contributed by atoms with Gasteiger partial charge >= 0.3 is 5.97 Å². The number of benzene rings is 3. The Balaban J connectivity index is 1.26. The molecule has 1 fully saturated rings. The standard InChI is InChI=1S/C30H28N6O6/c1-17(38)41-21-10-5-8-19(12-21)29(40)35-24-26(39)23(14-37)42-30(24)36-16-34-25-27(32-15-33-28(25)36)31-13-20-9-4-7-18-6-2-3-11-22(18)20/h2-12,15-16,23-24,26,30,37,39H,13-14H2,1H3,(H,35,40)(H,31,32,33)/t23-,24-,26-,30-/m1/s1. The van der Waals surface area contributed by atoms with Gasteiger partial charge in [0.2, 0.25) is 0 Å². The summed E-state index contributed by atoms with van der Waals surface area (Å²) in [6.45, 7) is 1.30. The largest absolute Gasteiger partial charge is 0.427 e. The normalized spacial score (nSPS) is 20.1. The predicted molar refractivity (Wildman–Crippen MR) is 153 cm³/mol. The highest BCUT2D eigenvalue weighted by Crippen LogP contribution is 2.33. The van der Waals surface area contributed by atoms with Crippen LogP contribution in [-0.2, 0) is 16.1 Å². The van der Waals surface area contributed by atoms with Crippen LogP contribution in [0, 0.1) is 0 Å². The summed E-state index contributed by atoms with van der Waals surface area (Å²) in [5.74, 6) is -0.328. The Morgan fingerprint density at radius 2 is 1.86 bits per heavy atom. The number of aliphatic hydroxyl groups excluding tert-OH is 2. The zero-order chi connectivity index (χ0) is 29.2. The van der Waals surface area contributed by atoms with Crippen molar-refractivity contribution >= 4 is 39.6 Å². The topological polar surface area (TPSA) is 161 Å². The Morgan fingerprint density at radius 1 is 1.05 bits per heavy atom. The van der Waals surface area contributed by atoms with Crippen molar-refractivity contribution in [2.75, 3.05) is 11.9 Å². The molecule has 42 heavy (non-hydrogen) atoms. The van der Waals surface area contributed by atoms with Gasteiger partial charge in [-0.25, -0.2) is 15.0 Å². The van der Waals surface area contributed by atoms with E-state index in [2.05, 4.69) is 43.8 Å². The van der Waals surface area contributed by atoms with Crippen molar-refractivity contribution < 1.29 is 29.3 Å². The number of carbonyl (C=O) groups is 2. The quantitative estimate of drug-likeness (QED) is 0.162. The van der Waals surface area contributed by atoms with Crippen LogP contribution in [0.4, 0.5) is 5.82 Å². The van der Waals surface area contributed by atoms with E-state index in [0.717, 1.165) is 16.3 Å². The number of carbonyl (C=O) groups excluding carboxylic acids is 2. The number of anilines is 1. The summed E-state index contributed by atoms with van der Waals surface area (Å²) in [4.78, 5) is 37.8. The van der Waals surface area contributed by atoms with Crippen molar-refractivity contribution in [2.24, 2.45) is 0 Å². The second kappa shape index (κ2) is 11.5. The minimum atomic E-state index is -1.23. The first-order valence-electron chi connectivity index (χ1n) is 13.3. The summed E-state index contributed by atoms with van der Waals surface area (Å²) in [5.41, 5.74) is 2.19. The van der Waals surface area contributed by atoms with Gasteiger partial charge < -0.3 is 30.3 Å². The highest BCUT2D eigenvalue weighted by Gasteiger charge is 2.46. The summed E-state index contributed by atoms with van der Waals surface area (Å²) in [7, 11) is 0. The van der Waals surface area contributed by atoms with Crippen molar-refractivity contribution in [3.05, 3.63) is 90.5 Å². The number of ether oxygens (including phenoxy) is 2. The third kappa shape index (κ3) is 5.26.